The van der Waals surface area contributed by atoms with Crippen molar-refractivity contribution in [3.63, 3.8) is 0 Å². The zero-order chi connectivity index (χ0) is 13.1. The molecule has 96 valence electrons. The molecule has 1 unspecified atom stereocenters. The first-order chi connectivity index (χ1) is 8.61. The summed E-state index contributed by atoms with van der Waals surface area (Å²) in [4.78, 5) is 0. The van der Waals surface area contributed by atoms with E-state index in [0.717, 1.165) is 17.8 Å². The Morgan fingerprint density at radius 1 is 1.28 bits per heavy atom. The second-order valence-electron chi connectivity index (χ2n) is 4.07. The van der Waals surface area contributed by atoms with Crippen LogP contribution in [0.15, 0.2) is 30.5 Å². The third-order valence-corrected chi connectivity index (χ3v) is 3.22. The van der Waals surface area contributed by atoms with Crippen molar-refractivity contribution in [1.82, 2.24) is 15.1 Å². The van der Waals surface area contributed by atoms with Crippen molar-refractivity contribution in [2.45, 2.75) is 13.0 Å². The monoisotopic (exact) mass is 283 g/mol. The average Bonchev–Trinajstić information content (AvgIpc) is 2.71. The molecule has 1 heterocycles. The summed E-state index contributed by atoms with van der Waals surface area (Å²) < 4.78 is 1.85. The largest absolute Gasteiger partial charge is 0.305 e. The van der Waals surface area contributed by atoms with Crippen LogP contribution >= 0.6 is 23.2 Å². The highest BCUT2D eigenvalue weighted by molar-refractivity contribution is 6.34. The minimum absolute atomic E-state index is 0.0405. The molecule has 0 spiro atoms. The van der Waals surface area contributed by atoms with Gasteiger partial charge in [0, 0.05) is 23.3 Å². The fraction of sp³-hybridized carbons (Fsp3) is 0.308. The van der Waals surface area contributed by atoms with E-state index in [0.29, 0.717) is 10.0 Å². The Balaban J connectivity index is 2.44. The van der Waals surface area contributed by atoms with Crippen LogP contribution in [0.5, 0.6) is 0 Å². The van der Waals surface area contributed by atoms with Crippen molar-refractivity contribution in [3.05, 3.63) is 51.8 Å². The van der Waals surface area contributed by atoms with E-state index in [2.05, 4.69) is 17.3 Å². The fourth-order valence-corrected chi connectivity index (χ4v) is 2.55. The summed E-state index contributed by atoms with van der Waals surface area (Å²) in [5.74, 6) is 0. The summed E-state index contributed by atoms with van der Waals surface area (Å²) in [5, 5.41) is 8.90. The fourth-order valence-electron chi connectivity index (χ4n) is 2.01. The maximum absolute atomic E-state index is 6.06. The summed E-state index contributed by atoms with van der Waals surface area (Å²) in [5.41, 5.74) is 2.12. The molecule has 0 radical (unpaired) electrons. The highest BCUT2D eigenvalue weighted by atomic mass is 35.5. The number of hydrogen-bond acceptors (Lipinski definition) is 2. The van der Waals surface area contributed by atoms with E-state index in [9.17, 15) is 0 Å². The lowest BCUT2D eigenvalue weighted by molar-refractivity contribution is 0.573. The van der Waals surface area contributed by atoms with Gasteiger partial charge in [0.05, 0.1) is 11.7 Å². The van der Waals surface area contributed by atoms with Crippen molar-refractivity contribution in [2.75, 3.05) is 6.54 Å². The number of nitrogens with zero attached hydrogens (tertiary/aromatic N) is 2. The molecule has 3 nitrogen and oxygen atoms in total. The van der Waals surface area contributed by atoms with Crippen molar-refractivity contribution in [2.24, 2.45) is 7.05 Å². The summed E-state index contributed by atoms with van der Waals surface area (Å²) >= 11 is 12.1. The molecule has 18 heavy (non-hydrogen) atoms. The Bertz CT molecular complexity index is 517. The molecular formula is C13H15Cl2N3. The number of hydrogen-bond donors (Lipinski definition) is 1. The van der Waals surface area contributed by atoms with Gasteiger partial charge in [-0.2, -0.15) is 5.10 Å². The molecule has 0 saturated heterocycles. The topological polar surface area (TPSA) is 29.9 Å². The van der Waals surface area contributed by atoms with Gasteiger partial charge in [-0.1, -0.05) is 30.1 Å². The second kappa shape index (κ2) is 5.74. The molecule has 1 N–H and O–H groups in total. The van der Waals surface area contributed by atoms with Crippen LogP contribution in [0.3, 0.4) is 0 Å². The number of aryl methyl sites for hydroxylation is 1. The maximum atomic E-state index is 6.06. The molecule has 0 bridgehead atoms. The lowest BCUT2D eigenvalue weighted by Crippen LogP contribution is -2.24. The van der Waals surface area contributed by atoms with Crippen LogP contribution in [0.25, 0.3) is 0 Å². The molecule has 2 aromatic rings. The normalized spacial score (nSPS) is 12.7. The lowest BCUT2D eigenvalue weighted by atomic mass is 10.0. The van der Waals surface area contributed by atoms with E-state index in [1.165, 1.54) is 0 Å². The standard InChI is InChI=1S/C13H15Cl2N3/c1-3-16-13(12-4-5-17-18(12)2)9-6-10(14)8-11(15)7-9/h4-8,13,16H,3H2,1-2H3. The quantitative estimate of drug-likeness (QED) is 0.932. The Hall–Kier alpha value is -1.03. The molecule has 5 heteroatoms. The van der Waals surface area contributed by atoms with Gasteiger partial charge >= 0.3 is 0 Å². The van der Waals surface area contributed by atoms with Gasteiger partial charge in [0.25, 0.3) is 0 Å². The van der Waals surface area contributed by atoms with Crippen molar-refractivity contribution in [3.8, 4) is 0 Å². The van der Waals surface area contributed by atoms with E-state index >= 15 is 0 Å². The average molecular weight is 284 g/mol. The van der Waals surface area contributed by atoms with Crippen LogP contribution in [0.2, 0.25) is 10.0 Å². The number of halogens is 2. The van der Waals surface area contributed by atoms with Gasteiger partial charge < -0.3 is 5.32 Å². The van der Waals surface area contributed by atoms with Gasteiger partial charge in [-0.05, 0) is 36.4 Å². The molecule has 1 atom stereocenters. The highest BCUT2D eigenvalue weighted by Crippen LogP contribution is 2.27. The summed E-state index contributed by atoms with van der Waals surface area (Å²) in [7, 11) is 1.92. The second-order valence-corrected chi connectivity index (χ2v) is 4.95. The van der Waals surface area contributed by atoms with Crippen LogP contribution in [-0.2, 0) is 7.05 Å². The third kappa shape index (κ3) is 2.86. The van der Waals surface area contributed by atoms with Crippen molar-refractivity contribution < 1.29 is 0 Å². The smallest absolute Gasteiger partial charge is 0.0749 e. The molecule has 0 aliphatic heterocycles. The SMILES string of the molecule is CCNC(c1cc(Cl)cc(Cl)c1)c1ccnn1C. The first-order valence-electron chi connectivity index (χ1n) is 5.79. The van der Waals surface area contributed by atoms with E-state index in [4.69, 9.17) is 23.2 Å². The number of rotatable bonds is 4. The molecule has 0 fully saturated rings. The predicted molar refractivity (Wildman–Crippen MR) is 75.2 cm³/mol. The molecule has 0 aliphatic rings. The molecule has 0 aliphatic carbocycles. The predicted octanol–water partition coefficient (Wildman–Crippen LogP) is 3.43. The van der Waals surface area contributed by atoms with Crippen molar-refractivity contribution >= 4 is 23.2 Å². The van der Waals surface area contributed by atoms with Crippen molar-refractivity contribution in [1.29, 1.82) is 0 Å². The van der Waals surface area contributed by atoms with Gasteiger partial charge in [0.2, 0.25) is 0 Å². The summed E-state index contributed by atoms with van der Waals surface area (Å²) in [6, 6.07) is 7.61. The third-order valence-electron chi connectivity index (χ3n) is 2.78. The zero-order valence-corrected chi connectivity index (χ0v) is 11.8. The highest BCUT2D eigenvalue weighted by Gasteiger charge is 2.17. The molecule has 1 aromatic heterocycles. The minimum atomic E-state index is 0.0405. The summed E-state index contributed by atoms with van der Waals surface area (Å²) in [6.07, 6.45) is 1.78. The number of benzene rings is 1. The first kappa shape index (κ1) is 13.4. The van der Waals surface area contributed by atoms with E-state index in [1.54, 1.807) is 12.3 Å². The van der Waals surface area contributed by atoms with E-state index < -0.39 is 0 Å². The van der Waals surface area contributed by atoms with Gasteiger partial charge in [-0.15, -0.1) is 0 Å². The number of nitrogens with one attached hydrogen (secondary N) is 1. The van der Waals surface area contributed by atoms with Crippen LogP contribution in [0.4, 0.5) is 0 Å². The molecule has 2 rings (SSSR count). The molecular weight excluding hydrogens is 269 g/mol. The minimum Gasteiger partial charge on any atom is -0.305 e. The Morgan fingerprint density at radius 2 is 1.94 bits per heavy atom. The van der Waals surface area contributed by atoms with Crippen LogP contribution in [-0.4, -0.2) is 16.3 Å². The van der Waals surface area contributed by atoms with E-state index in [-0.39, 0.29) is 6.04 Å². The zero-order valence-electron chi connectivity index (χ0n) is 10.3. The number of aromatic nitrogens is 2. The lowest BCUT2D eigenvalue weighted by Gasteiger charge is -2.19. The molecule has 0 amide bonds. The maximum Gasteiger partial charge on any atom is 0.0749 e. The summed E-state index contributed by atoms with van der Waals surface area (Å²) in [6.45, 7) is 2.91. The first-order valence-corrected chi connectivity index (χ1v) is 6.54. The van der Waals surface area contributed by atoms with Gasteiger partial charge in [0.15, 0.2) is 0 Å². The van der Waals surface area contributed by atoms with Gasteiger partial charge in [-0.25, -0.2) is 0 Å². The van der Waals surface area contributed by atoms with Gasteiger partial charge in [0.1, 0.15) is 0 Å². The van der Waals surface area contributed by atoms with Crippen LogP contribution < -0.4 is 5.32 Å². The Morgan fingerprint density at radius 3 is 2.44 bits per heavy atom. The van der Waals surface area contributed by atoms with E-state index in [1.807, 2.05) is 29.9 Å². The molecule has 0 saturated carbocycles. The molecule has 1 aromatic carbocycles. The van der Waals surface area contributed by atoms with Crippen LogP contribution in [0.1, 0.15) is 24.2 Å². The van der Waals surface area contributed by atoms with Crippen LogP contribution in [0, 0.1) is 0 Å². The Labute approximate surface area is 117 Å². The Kier molecular flexibility index (Phi) is 4.27. The van der Waals surface area contributed by atoms with Gasteiger partial charge in [-0.3, -0.25) is 4.68 Å².